The van der Waals surface area contributed by atoms with Crippen molar-refractivity contribution in [3.8, 4) is 5.75 Å². The van der Waals surface area contributed by atoms with Crippen LogP contribution < -0.4 is 4.74 Å². The lowest BCUT2D eigenvalue weighted by Crippen LogP contribution is -2.11. The molecule has 0 saturated carbocycles. The molecule has 0 N–H and O–H groups in total. The van der Waals surface area contributed by atoms with E-state index in [1.54, 1.807) is 6.07 Å². The molecule has 0 aliphatic carbocycles. The van der Waals surface area contributed by atoms with Crippen LogP contribution in [-0.4, -0.2) is 12.4 Å². The van der Waals surface area contributed by atoms with Gasteiger partial charge in [0.2, 0.25) is 0 Å². The summed E-state index contributed by atoms with van der Waals surface area (Å²) in [4.78, 5) is 11.4. The third-order valence-electron chi connectivity index (χ3n) is 2.39. The highest BCUT2D eigenvalue weighted by molar-refractivity contribution is 6.31. The van der Waals surface area contributed by atoms with Crippen molar-refractivity contribution in [2.24, 2.45) is 5.92 Å². The molecule has 0 saturated heterocycles. The zero-order valence-electron chi connectivity index (χ0n) is 9.92. The SMILES string of the molecule is Cc1cc(OCCC(=O)C(C)C)ccc1Cl. The topological polar surface area (TPSA) is 26.3 Å². The molecule has 2 nitrogen and oxygen atoms in total. The van der Waals surface area contributed by atoms with E-state index < -0.39 is 0 Å². The second-order valence-electron chi connectivity index (χ2n) is 4.13. The molecular weight excluding hydrogens is 224 g/mol. The summed E-state index contributed by atoms with van der Waals surface area (Å²) in [5.74, 6) is 1.07. The van der Waals surface area contributed by atoms with Gasteiger partial charge in [0, 0.05) is 17.4 Å². The van der Waals surface area contributed by atoms with Crippen LogP contribution in [0.15, 0.2) is 18.2 Å². The monoisotopic (exact) mass is 240 g/mol. The second kappa shape index (κ2) is 5.90. The summed E-state index contributed by atoms with van der Waals surface area (Å²) in [6.07, 6.45) is 0.458. The number of hydrogen-bond donors (Lipinski definition) is 0. The number of halogens is 1. The van der Waals surface area contributed by atoms with Crippen LogP contribution >= 0.6 is 11.6 Å². The molecule has 3 heteroatoms. The number of ketones is 1. The summed E-state index contributed by atoms with van der Waals surface area (Å²) in [5.41, 5.74) is 0.981. The molecule has 0 fully saturated rings. The first-order chi connectivity index (χ1) is 7.50. The Labute approximate surface area is 102 Å². The predicted octanol–water partition coefficient (Wildman–Crippen LogP) is 3.64. The Bertz CT molecular complexity index is 372. The zero-order valence-corrected chi connectivity index (χ0v) is 10.7. The summed E-state index contributed by atoms with van der Waals surface area (Å²) in [6, 6.07) is 5.49. The quantitative estimate of drug-likeness (QED) is 0.786. The molecule has 1 aromatic carbocycles. The van der Waals surface area contributed by atoms with Crippen molar-refractivity contribution in [2.75, 3.05) is 6.61 Å². The lowest BCUT2D eigenvalue weighted by molar-refractivity contribution is -0.122. The average molecular weight is 241 g/mol. The van der Waals surface area contributed by atoms with Gasteiger partial charge in [-0.25, -0.2) is 0 Å². The first kappa shape index (κ1) is 13.0. The fourth-order valence-electron chi connectivity index (χ4n) is 1.27. The van der Waals surface area contributed by atoms with E-state index in [9.17, 15) is 4.79 Å². The van der Waals surface area contributed by atoms with Crippen LogP contribution in [0.1, 0.15) is 25.8 Å². The van der Waals surface area contributed by atoms with E-state index in [0.29, 0.717) is 13.0 Å². The van der Waals surface area contributed by atoms with Crippen molar-refractivity contribution >= 4 is 17.4 Å². The minimum atomic E-state index is 0.0792. The molecule has 0 radical (unpaired) electrons. The number of carbonyl (C=O) groups excluding carboxylic acids is 1. The van der Waals surface area contributed by atoms with E-state index in [2.05, 4.69) is 0 Å². The van der Waals surface area contributed by atoms with Crippen molar-refractivity contribution in [1.29, 1.82) is 0 Å². The van der Waals surface area contributed by atoms with Gasteiger partial charge in [-0.1, -0.05) is 25.4 Å². The van der Waals surface area contributed by atoms with Crippen LogP contribution in [0.3, 0.4) is 0 Å². The van der Waals surface area contributed by atoms with E-state index in [-0.39, 0.29) is 11.7 Å². The number of hydrogen-bond acceptors (Lipinski definition) is 2. The maximum Gasteiger partial charge on any atom is 0.138 e. The Balaban J connectivity index is 2.43. The minimum Gasteiger partial charge on any atom is -0.493 e. The zero-order chi connectivity index (χ0) is 12.1. The largest absolute Gasteiger partial charge is 0.493 e. The van der Waals surface area contributed by atoms with Gasteiger partial charge in [0.25, 0.3) is 0 Å². The number of aryl methyl sites for hydroxylation is 1. The van der Waals surface area contributed by atoms with Crippen molar-refractivity contribution in [2.45, 2.75) is 27.2 Å². The van der Waals surface area contributed by atoms with Gasteiger partial charge >= 0.3 is 0 Å². The summed E-state index contributed by atoms with van der Waals surface area (Å²) in [5, 5.41) is 0.727. The number of carbonyl (C=O) groups is 1. The van der Waals surface area contributed by atoms with Gasteiger partial charge in [-0.05, 0) is 30.7 Å². The fraction of sp³-hybridized carbons (Fsp3) is 0.462. The molecule has 0 aliphatic heterocycles. The summed E-state index contributed by atoms with van der Waals surface area (Å²) in [7, 11) is 0. The van der Waals surface area contributed by atoms with Gasteiger partial charge in [-0.15, -0.1) is 0 Å². The van der Waals surface area contributed by atoms with Crippen LogP contribution in [0.4, 0.5) is 0 Å². The van der Waals surface area contributed by atoms with Gasteiger partial charge in [0.05, 0.1) is 6.61 Å². The fourth-order valence-corrected chi connectivity index (χ4v) is 1.38. The highest BCUT2D eigenvalue weighted by Crippen LogP contribution is 2.21. The third kappa shape index (κ3) is 3.86. The number of rotatable bonds is 5. The maximum absolute atomic E-state index is 11.4. The lowest BCUT2D eigenvalue weighted by atomic mass is 10.1. The number of benzene rings is 1. The molecule has 0 aliphatic rings. The molecule has 0 atom stereocenters. The van der Waals surface area contributed by atoms with Gasteiger partial charge in [-0.2, -0.15) is 0 Å². The first-order valence-corrected chi connectivity index (χ1v) is 5.80. The lowest BCUT2D eigenvalue weighted by Gasteiger charge is -2.08. The molecular formula is C13H17ClO2. The predicted molar refractivity (Wildman–Crippen MR) is 66.1 cm³/mol. The van der Waals surface area contributed by atoms with E-state index in [4.69, 9.17) is 16.3 Å². The number of Topliss-reactive ketones (excluding diaryl/α,β-unsaturated/α-hetero) is 1. The maximum atomic E-state index is 11.4. The normalized spacial score (nSPS) is 10.6. The minimum absolute atomic E-state index is 0.0792. The highest BCUT2D eigenvalue weighted by atomic mass is 35.5. The Morgan fingerprint density at radius 3 is 2.69 bits per heavy atom. The van der Waals surface area contributed by atoms with Crippen molar-refractivity contribution in [3.63, 3.8) is 0 Å². The van der Waals surface area contributed by atoms with Crippen molar-refractivity contribution < 1.29 is 9.53 Å². The van der Waals surface area contributed by atoms with Gasteiger partial charge < -0.3 is 4.74 Å². The standard InChI is InChI=1S/C13H17ClO2/c1-9(2)13(15)6-7-16-11-4-5-12(14)10(3)8-11/h4-5,8-9H,6-7H2,1-3H3. The molecule has 16 heavy (non-hydrogen) atoms. The highest BCUT2D eigenvalue weighted by Gasteiger charge is 2.07. The summed E-state index contributed by atoms with van der Waals surface area (Å²) in [6.45, 7) is 6.15. The van der Waals surface area contributed by atoms with Gasteiger partial charge in [-0.3, -0.25) is 4.79 Å². The molecule has 0 heterocycles. The van der Waals surface area contributed by atoms with E-state index in [1.165, 1.54) is 0 Å². The second-order valence-corrected chi connectivity index (χ2v) is 4.54. The molecule has 88 valence electrons. The third-order valence-corrected chi connectivity index (χ3v) is 2.81. The van der Waals surface area contributed by atoms with E-state index in [1.807, 2.05) is 32.9 Å². The molecule has 1 rings (SSSR count). The average Bonchev–Trinajstić information content (AvgIpc) is 2.23. The van der Waals surface area contributed by atoms with Crippen molar-refractivity contribution in [3.05, 3.63) is 28.8 Å². The number of ether oxygens (including phenoxy) is 1. The van der Waals surface area contributed by atoms with Crippen molar-refractivity contribution in [1.82, 2.24) is 0 Å². The molecule has 0 amide bonds. The molecule has 0 spiro atoms. The molecule has 0 bridgehead atoms. The Morgan fingerprint density at radius 2 is 2.12 bits per heavy atom. The Morgan fingerprint density at radius 1 is 1.44 bits per heavy atom. The molecule has 1 aromatic rings. The van der Waals surface area contributed by atoms with E-state index >= 15 is 0 Å². The Hall–Kier alpha value is -1.02. The summed E-state index contributed by atoms with van der Waals surface area (Å²) >= 11 is 5.90. The van der Waals surface area contributed by atoms with Crippen LogP contribution in [0.25, 0.3) is 0 Å². The van der Waals surface area contributed by atoms with Crippen LogP contribution in [0.2, 0.25) is 5.02 Å². The Kier molecular flexibility index (Phi) is 4.81. The van der Waals surface area contributed by atoms with Gasteiger partial charge in [0.15, 0.2) is 0 Å². The van der Waals surface area contributed by atoms with Crippen LogP contribution in [0, 0.1) is 12.8 Å². The summed E-state index contributed by atoms with van der Waals surface area (Å²) < 4.78 is 5.48. The smallest absolute Gasteiger partial charge is 0.138 e. The molecule has 0 unspecified atom stereocenters. The van der Waals surface area contributed by atoms with Crippen LogP contribution in [0.5, 0.6) is 5.75 Å². The first-order valence-electron chi connectivity index (χ1n) is 5.42. The molecule has 0 aromatic heterocycles. The van der Waals surface area contributed by atoms with Crippen LogP contribution in [-0.2, 0) is 4.79 Å². The van der Waals surface area contributed by atoms with Gasteiger partial charge in [0.1, 0.15) is 11.5 Å². The van der Waals surface area contributed by atoms with E-state index in [0.717, 1.165) is 16.3 Å².